The van der Waals surface area contributed by atoms with Gasteiger partial charge in [0.1, 0.15) is 6.54 Å². The third-order valence-electron chi connectivity index (χ3n) is 4.33. The van der Waals surface area contributed by atoms with Crippen molar-refractivity contribution < 1.29 is 9.90 Å². The van der Waals surface area contributed by atoms with Crippen LogP contribution in [0.15, 0.2) is 64.1 Å². The maximum absolute atomic E-state index is 12.7. The van der Waals surface area contributed by atoms with Gasteiger partial charge in [0.05, 0.1) is 23.8 Å². The molecule has 1 heterocycles. The van der Waals surface area contributed by atoms with Crippen LogP contribution in [0.25, 0.3) is 10.9 Å². The van der Waals surface area contributed by atoms with E-state index in [1.807, 2.05) is 36.4 Å². The first-order chi connectivity index (χ1) is 13.1. The number of carbonyl (C=O) groups excluding carboxylic acids is 1. The zero-order valence-corrected chi connectivity index (χ0v) is 16.3. The number of nitrogens with zero attached hydrogens (tertiary/aromatic N) is 3. The number of aliphatic hydroxyl groups excluding tert-OH is 1. The molecule has 2 aromatic carbocycles. The van der Waals surface area contributed by atoms with Crippen LogP contribution in [-0.4, -0.2) is 45.2 Å². The Morgan fingerprint density at radius 3 is 2.67 bits per heavy atom. The monoisotopic (exact) mass is 429 g/mol. The fourth-order valence-electron chi connectivity index (χ4n) is 2.88. The standard InChI is InChI=1S/C20H20BrN3O3/c21-16-6-7-18-17(12-16)20(27)24(14-22-18)13-19(26)23(10-11-25)9-8-15-4-2-1-3-5-15/h1-7,12,14,25H,8-11,13H2. The number of aliphatic hydroxyl groups is 1. The minimum Gasteiger partial charge on any atom is -0.395 e. The lowest BCUT2D eigenvalue weighted by atomic mass is 10.1. The quantitative estimate of drug-likeness (QED) is 0.624. The van der Waals surface area contributed by atoms with E-state index in [9.17, 15) is 14.7 Å². The van der Waals surface area contributed by atoms with Gasteiger partial charge >= 0.3 is 0 Å². The number of benzene rings is 2. The second-order valence-electron chi connectivity index (χ2n) is 6.18. The van der Waals surface area contributed by atoms with E-state index >= 15 is 0 Å². The van der Waals surface area contributed by atoms with Crippen LogP contribution < -0.4 is 5.56 Å². The minimum absolute atomic E-state index is 0.108. The van der Waals surface area contributed by atoms with Gasteiger partial charge < -0.3 is 10.0 Å². The summed E-state index contributed by atoms with van der Waals surface area (Å²) in [6.45, 7) is 0.471. The molecule has 0 fully saturated rings. The van der Waals surface area contributed by atoms with E-state index in [0.29, 0.717) is 23.9 Å². The summed E-state index contributed by atoms with van der Waals surface area (Å²) in [5.74, 6) is -0.224. The van der Waals surface area contributed by atoms with Gasteiger partial charge in [-0.3, -0.25) is 14.2 Å². The molecule has 6 nitrogen and oxygen atoms in total. The Morgan fingerprint density at radius 2 is 1.93 bits per heavy atom. The lowest BCUT2D eigenvalue weighted by molar-refractivity contribution is -0.132. The molecule has 7 heteroatoms. The van der Waals surface area contributed by atoms with Crippen LogP contribution in [-0.2, 0) is 17.8 Å². The number of aromatic nitrogens is 2. The first kappa shape index (κ1) is 19.3. The molecular formula is C20H20BrN3O3. The fraction of sp³-hybridized carbons (Fsp3) is 0.250. The maximum Gasteiger partial charge on any atom is 0.261 e. The average Bonchev–Trinajstić information content (AvgIpc) is 2.68. The van der Waals surface area contributed by atoms with Crippen LogP contribution in [0.3, 0.4) is 0 Å². The van der Waals surface area contributed by atoms with E-state index in [0.717, 1.165) is 10.0 Å². The summed E-state index contributed by atoms with van der Waals surface area (Å²) in [4.78, 5) is 31.2. The normalized spacial score (nSPS) is 10.9. The molecule has 0 saturated heterocycles. The van der Waals surface area contributed by atoms with E-state index < -0.39 is 0 Å². The number of rotatable bonds is 7. The molecule has 3 aromatic rings. The van der Waals surface area contributed by atoms with E-state index in [1.54, 1.807) is 17.0 Å². The minimum atomic E-state index is -0.262. The Morgan fingerprint density at radius 1 is 1.15 bits per heavy atom. The highest BCUT2D eigenvalue weighted by Crippen LogP contribution is 2.14. The highest BCUT2D eigenvalue weighted by Gasteiger charge is 2.15. The molecule has 0 saturated carbocycles. The molecule has 0 aliphatic carbocycles. The van der Waals surface area contributed by atoms with Gasteiger partial charge in [-0.15, -0.1) is 0 Å². The van der Waals surface area contributed by atoms with Crippen molar-refractivity contribution in [2.24, 2.45) is 0 Å². The van der Waals surface area contributed by atoms with Gasteiger partial charge in [0.2, 0.25) is 5.91 Å². The zero-order valence-electron chi connectivity index (χ0n) is 14.7. The van der Waals surface area contributed by atoms with Gasteiger partial charge in [0.15, 0.2) is 0 Å². The highest BCUT2D eigenvalue weighted by molar-refractivity contribution is 9.10. The van der Waals surface area contributed by atoms with Gasteiger partial charge in [-0.25, -0.2) is 4.98 Å². The topological polar surface area (TPSA) is 75.4 Å². The van der Waals surface area contributed by atoms with Gasteiger partial charge in [-0.1, -0.05) is 46.3 Å². The Kier molecular flexibility index (Phi) is 6.36. The van der Waals surface area contributed by atoms with Crippen molar-refractivity contribution in [2.45, 2.75) is 13.0 Å². The summed E-state index contributed by atoms with van der Waals surface area (Å²) < 4.78 is 2.09. The van der Waals surface area contributed by atoms with Crippen LogP contribution in [0.1, 0.15) is 5.56 Å². The number of carbonyl (C=O) groups is 1. The van der Waals surface area contributed by atoms with E-state index in [1.165, 1.54) is 10.9 Å². The van der Waals surface area contributed by atoms with Crippen LogP contribution in [0.5, 0.6) is 0 Å². The molecule has 0 aliphatic heterocycles. The first-order valence-corrected chi connectivity index (χ1v) is 9.45. The molecule has 0 spiro atoms. The third kappa shape index (κ3) is 4.81. The Bertz CT molecular complexity index is 989. The molecule has 0 radical (unpaired) electrons. The predicted molar refractivity (Wildman–Crippen MR) is 108 cm³/mol. The highest BCUT2D eigenvalue weighted by atomic mass is 79.9. The van der Waals surface area contributed by atoms with Crippen molar-refractivity contribution in [2.75, 3.05) is 19.7 Å². The van der Waals surface area contributed by atoms with Gasteiger partial charge in [0, 0.05) is 17.6 Å². The molecule has 0 atom stereocenters. The van der Waals surface area contributed by atoms with E-state index in [2.05, 4.69) is 20.9 Å². The summed E-state index contributed by atoms with van der Waals surface area (Å²) in [7, 11) is 0. The molecule has 0 aliphatic rings. The molecule has 1 aromatic heterocycles. The molecule has 140 valence electrons. The lowest BCUT2D eigenvalue weighted by Crippen LogP contribution is -2.39. The largest absolute Gasteiger partial charge is 0.395 e. The van der Waals surface area contributed by atoms with Crippen LogP contribution in [0.4, 0.5) is 0 Å². The number of hydrogen-bond donors (Lipinski definition) is 1. The summed E-state index contributed by atoms with van der Waals surface area (Å²) in [6.07, 6.45) is 2.08. The molecular weight excluding hydrogens is 410 g/mol. The SMILES string of the molecule is O=C(Cn1cnc2ccc(Br)cc2c1=O)N(CCO)CCc1ccccc1. The van der Waals surface area contributed by atoms with Gasteiger partial charge in [-0.2, -0.15) is 0 Å². The van der Waals surface area contributed by atoms with E-state index in [-0.39, 0.29) is 31.2 Å². The Balaban J connectivity index is 1.76. The lowest BCUT2D eigenvalue weighted by Gasteiger charge is -2.22. The summed E-state index contributed by atoms with van der Waals surface area (Å²) in [6, 6.07) is 15.1. The van der Waals surface area contributed by atoms with E-state index in [4.69, 9.17) is 0 Å². The molecule has 0 bridgehead atoms. The Hall–Kier alpha value is -2.51. The van der Waals surface area contributed by atoms with Crippen LogP contribution in [0, 0.1) is 0 Å². The van der Waals surface area contributed by atoms with Crippen LogP contribution >= 0.6 is 15.9 Å². The fourth-order valence-corrected chi connectivity index (χ4v) is 3.24. The number of hydrogen-bond acceptors (Lipinski definition) is 4. The number of amides is 1. The Labute approximate surface area is 165 Å². The smallest absolute Gasteiger partial charge is 0.261 e. The van der Waals surface area contributed by atoms with Crippen molar-refractivity contribution in [3.8, 4) is 0 Å². The van der Waals surface area contributed by atoms with Crippen molar-refractivity contribution in [1.82, 2.24) is 14.5 Å². The van der Waals surface area contributed by atoms with Crippen LogP contribution in [0.2, 0.25) is 0 Å². The summed E-state index contributed by atoms with van der Waals surface area (Å²) >= 11 is 3.35. The molecule has 3 rings (SSSR count). The molecule has 27 heavy (non-hydrogen) atoms. The summed E-state index contributed by atoms with van der Waals surface area (Å²) in [5.41, 5.74) is 1.44. The number of fused-ring (bicyclic) bond motifs is 1. The van der Waals surface area contributed by atoms with Crippen molar-refractivity contribution in [1.29, 1.82) is 0 Å². The summed E-state index contributed by atoms with van der Waals surface area (Å²) in [5, 5.41) is 9.75. The first-order valence-electron chi connectivity index (χ1n) is 8.66. The maximum atomic E-state index is 12.7. The van der Waals surface area contributed by atoms with Gasteiger partial charge in [0.25, 0.3) is 5.56 Å². The second kappa shape index (κ2) is 8.92. The average molecular weight is 430 g/mol. The molecule has 0 unspecified atom stereocenters. The molecule has 1 amide bonds. The van der Waals surface area contributed by atoms with Crippen molar-refractivity contribution >= 4 is 32.7 Å². The number of halogens is 1. The van der Waals surface area contributed by atoms with Gasteiger partial charge in [-0.05, 0) is 30.2 Å². The predicted octanol–water partition coefficient (Wildman–Crippen LogP) is 2.22. The molecule has 1 N–H and O–H groups in total. The zero-order chi connectivity index (χ0) is 19.2. The second-order valence-corrected chi connectivity index (χ2v) is 7.09. The third-order valence-corrected chi connectivity index (χ3v) is 4.82. The van der Waals surface area contributed by atoms with Crippen molar-refractivity contribution in [3.63, 3.8) is 0 Å². The van der Waals surface area contributed by atoms with Crippen molar-refractivity contribution in [3.05, 3.63) is 75.2 Å².